The summed E-state index contributed by atoms with van der Waals surface area (Å²) in [7, 11) is 0. The fourth-order valence-corrected chi connectivity index (χ4v) is 3.56. The number of hydrogen-bond acceptors (Lipinski definition) is 3. The number of nitrogens with zero attached hydrogens (tertiary/aromatic N) is 2. The van der Waals surface area contributed by atoms with E-state index in [4.69, 9.17) is 0 Å². The lowest BCUT2D eigenvalue weighted by molar-refractivity contribution is 0.0304. The summed E-state index contributed by atoms with van der Waals surface area (Å²) >= 11 is 0. The van der Waals surface area contributed by atoms with Crippen molar-refractivity contribution in [2.24, 2.45) is 5.92 Å². The van der Waals surface area contributed by atoms with Crippen molar-refractivity contribution in [3.05, 3.63) is 0 Å². The molecule has 0 aromatic heterocycles. The Kier molecular flexibility index (Phi) is 4.68. The van der Waals surface area contributed by atoms with E-state index in [1.165, 1.54) is 39.0 Å². The third kappa shape index (κ3) is 3.46. The number of nitrogens with one attached hydrogen (secondary N) is 1. The minimum absolute atomic E-state index is 0.316. The van der Waals surface area contributed by atoms with Crippen LogP contribution in [0.25, 0.3) is 0 Å². The van der Waals surface area contributed by atoms with E-state index in [0.29, 0.717) is 5.54 Å². The number of piperidine rings is 1. The fourth-order valence-electron chi connectivity index (χ4n) is 3.56. The van der Waals surface area contributed by atoms with Gasteiger partial charge < -0.3 is 5.32 Å². The van der Waals surface area contributed by atoms with Crippen LogP contribution in [0.4, 0.5) is 0 Å². The molecule has 18 heavy (non-hydrogen) atoms. The average molecular weight is 253 g/mol. The van der Waals surface area contributed by atoms with Gasteiger partial charge in [0.05, 0.1) is 0 Å². The summed E-state index contributed by atoms with van der Waals surface area (Å²) in [6, 6.07) is 0.760. The second-order valence-corrected chi connectivity index (χ2v) is 7.00. The topological polar surface area (TPSA) is 18.5 Å². The lowest BCUT2D eigenvalue weighted by Crippen LogP contribution is -2.59. The van der Waals surface area contributed by atoms with E-state index < -0.39 is 0 Å². The van der Waals surface area contributed by atoms with Crippen LogP contribution in [0.15, 0.2) is 0 Å². The smallest absolute Gasteiger partial charge is 0.0281 e. The van der Waals surface area contributed by atoms with Gasteiger partial charge in [0.2, 0.25) is 0 Å². The summed E-state index contributed by atoms with van der Waals surface area (Å²) in [5.41, 5.74) is 0.316. The lowest BCUT2D eigenvalue weighted by atomic mass is 9.91. The van der Waals surface area contributed by atoms with Gasteiger partial charge in [0.1, 0.15) is 0 Å². The predicted octanol–water partition coefficient (Wildman–Crippen LogP) is 1.79. The summed E-state index contributed by atoms with van der Waals surface area (Å²) < 4.78 is 0. The van der Waals surface area contributed by atoms with Gasteiger partial charge in [0.15, 0.2) is 0 Å². The molecule has 0 aromatic carbocycles. The van der Waals surface area contributed by atoms with E-state index in [1.807, 2.05) is 0 Å². The van der Waals surface area contributed by atoms with Crippen LogP contribution < -0.4 is 5.32 Å². The van der Waals surface area contributed by atoms with Gasteiger partial charge in [-0.2, -0.15) is 0 Å². The Morgan fingerprint density at radius 1 is 1.11 bits per heavy atom. The third-order valence-electron chi connectivity index (χ3n) is 4.84. The van der Waals surface area contributed by atoms with E-state index in [2.05, 4.69) is 42.8 Å². The monoisotopic (exact) mass is 253 g/mol. The third-order valence-corrected chi connectivity index (χ3v) is 4.84. The molecule has 0 radical (unpaired) electrons. The van der Waals surface area contributed by atoms with Crippen molar-refractivity contribution in [3.8, 4) is 0 Å². The second-order valence-electron chi connectivity index (χ2n) is 7.00. The molecule has 2 unspecified atom stereocenters. The Morgan fingerprint density at radius 2 is 1.78 bits per heavy atom. The van der Waals surface area contributed by atoms with Crippen LogP contribution in [0.3, 0.4) is 0 Å². The highest BCUT2D eigenvalue weighted by molar-refractivity contribution is 4.90. The molecule has 0 saturated carbocycles. The number of likely N-dealkylation sites (tertiary alicyclic amines) is 1. The summed E-state index contributed by atoms with van der Waals surface area (Å²) in [6.45, 7) is 16.9. The summed E-state index contributed by atoms with van der Waals surface area (Å²) in [5, 5.41) is 3.45. The van der Waals surface area contributed by atoms with Gasteiger partial charge in [0.25, 0.3) is 0 Å². The quantitative estimate of drug-likeness (QED) is 0.827. The maximum Gasteiger partial charge on any atom is 0.0281 e. The highest BCUT2D eigenvalue weighted by atomic mass is 15.3. The Hall–Kier alpha value is -0.120. The molecule has 2 rings (SSSR count). The van der Waals surface area contributed by atoms with Crippen molar-refractivity contribution in [1.82, 2.24) is 15.1 Å². The minimum Gasteiger partial charge on any atom is -0.314 e. The van der Waals surface area contributed by atoms with Crippen molar-refractivity contribution < 1.29 is 0 Å². The number of piperazine rings is 1. The molecule has 3 heteroatoms. The minimum atomic E-state index is 0.316. The SMILES string of the molecule is CC1CCN(CC(C)(C)N2CCNCC2)C(C)C1. The molecule has 0 aliphatic carbocycles. The highest BCUT2D eigenvalue weighted by Crippen LogP contribution is 2.25. The van der Waals surface area contributed by atoms with E-state index in [9.17, 15) is 0 Å². The standard InChI is InChI=1S/C15H31N3/c1-13-5-8-17(14(2)11-13)12-15(3,4)18-9-6-16-7-10-18/h13-14,16H,5-12H2,1-4H3. The van der Waals surface area contributed by atoms with E-state index >= 15 is 0 Å². The van der Waals surface area contributed by atoms with Crippen LogP contribution in [0.2, 0.25) is 0 Å². The zero-order chi connectivity index (χ0) is 13.2. The second kappa shape index (κ2) is 5.89. The van der Waals surface area contributed by atoms with Crippen LogP contribution in [-0.2, 0) is 0 Å². The first kappa shape index (κ1) is 14.3. The number of hydrogen-bond donors (Lipinski definition) is 1. The Bertz CT molecular complexity index is 258. The first-order valence-corrected chi connectivity index (χ1v) is 7.69. The average Bonchev–Trinajstić information content (AvgIpc) is 2.34. The van der Waals surface area contributed by atoms with E-state index in [0.717, 1.165) is 25.0 Å². The van der Waals surface area contributed by atoms with Gasteiger partial charge >= 0.3 is 0 Å². The van der Waals surface area contributed by atoms with Crippen LogP contribution in [0.1, 0.15) is 40.5 Å². The summed E-state index contributed by atoms with van der Waals surface area (Å²) in [5.74, 6) is 0.915. The molecule has 2 heterocycles. The molecular weight excluding hydrogens is 222 g/mol. The molecule has 2 saturated heterocycles. The molecule has 0 spiro atoms. The molecule has 0 bridgehead atoms. The van der Waals surface area contributed by atoms with Gasteiger partial charge in [-0.05, 0) is 46.1 Å². The van der Waals surface area contributed by atoms with Crippen LogP contribution in [0, 0.1) is 5.92 Å². The van der Waals surface area contributed by atoms with Crippen molar-refractivity contribution in [2.45, 2.75) is 52.1 Å². The van der Waals surface area contributed by atoms with Crippen LogP contribution in [0.5, 0.6) is 0 Å². The number of rotatable bonds is 3. The molecular formula is C15H31N3. The molecule has 2 atom stereocenters. The van der Waals surface area contributed by atoms with Gasteiger partial charge in [0, 0.05) is 44.3 Å². The van der Waals surface area contributed by atoms with Crippen molar-refractivity contribution in [2.75, 3.05) is 39.3 Å². The highest BCUT2D eigenvalue weighted by Gasteiger charge is 2.33. The molecule has 0 amide bonds. The first-order chi connectivity index (χ1) is 8.49. The normalized spacial score (nSPS) is 32.7. The molecule has 0 aromatic rings. The molecule has 3 nitrogen and oxygen atoms in total. The van der Waals surface area contributed by atoms with Gasteiger partial charge in [-0.3, -0.25) is 9.80 Å². The molecule has 106 valence electrons. The zero-order valence-corrected chi connectivity index (χ0v) is 12.7. The molecule has 2 aliphatic heterocycles. The van der Waals surface area contributed by atoms with Crippen molar-refractivity contribution >= 4 is 0 Å². The first-order valence-electron chi connectivity index (χ1n) is 7.69. The maximum absolute atomic E-state index is 3.45. The van der Waals surface area contributed by atoms with E-state index in [-0.39, 0.29) is 0 Å². The fraction of sp³-hybridized carbons (Fsp3) is 1.00. The Balaban J connectivity index is 1.90. The van der Waals surface area contributed by atoms with Gasteiger partial charge in [-0.1, -0.05) is 6.92 Å². The molecule has 2 aliphatic rings. The van der Waals surface area contributed by atoms with E-state index in [1.54, 1.807) is 0 Å². The van der Waals surface area contributed by atoms with Gasteiger partial charge in [-0.15, -0.1) is 0 Å². The van der Waals surface area contributed by atoms with Crippen LogP contribution >= 0.6 is 0 Å². The zero-order valence-electron chi connectivity index (χ0n) is 12.7. The lowest BCUT2D eigenvalue weighted by Gasteiger charge is -2.47. The largest absolute Gasteiger partial charge is 0.314 e. The molecule has 2 fully saturated rings. The van der Waals surface area contributed by atoms with Gasteiger partial charge in [-0.25, -0.2) is 0 Å². The predicted molar refractivity (Wildman–Crippen MR) is 78.0 cm³/mol. The van der Waals surface area contributed by atoms with Crippen molar-refractivity contribution in [3.63, 3.8) is 0 Å². The Morgan fingerprint density at radius 3 is 2.39 bits per heavy atom. The van der Waals surface area contributed by atoms with Crippen LogP contribution in [-0.4, -0.2) is 60.6 Å². The Labute approximate surface area is 113 Å². The van der Waals surface area contributed by atoms with Crippen molar-refractivity contribution in [1.29, 1.82) is 0 Å². The maximum atomic E-state index is 3.45. The summed E-state index contributed by atoms with van der Waals surface area (Å²) in [6.07, 6.45) is 2.75. The molecule has 1 N–H and O–H groups in total. The summed E-state index contributed by atoms with van der Waals surface area (Å²) in [4.78, 5) is 5.37.